The van der Waals surface area contributed by atoms with Crippen molar-refractivity contribution in [1.29, 1.82) is 0 Å². The molecule has 2 saturated heterocycles. The van der Waals surface area contributed by atoms with Gasteiger partial charge in [-0.25, -0.2) is 4.98 Å². The highest BCUT2D eigenvalue weighted by molar-refractivity contribution is 5.81. The second-order valence-corrected chi connectivity index (χ2v) is 8.57. The molecular formula is C25H29N5O2. The van der Waals surface area contributed by atoms with Gasteiger partial charge in [-0.2, -0.15) is 0 Å². The monoisotopic (exact) mass is 431 g/mol. The summed E-state index contributed by atoms with van der Waals surface area (Å²) < 4.78 is 1.60. The van der Waals surface area contributed by atoms with Gasteiger partial charge in [0.05, 0.1) is 10.9 Å². The Kier molecular flexibility index (Phi) is 5.79. The Morgan fingerprint density at radius 1 is 0.781 bits per heavy atom. The van der Waals surface area contributed by atoms with Gasteiger partial charge in [-0.1, -0.05) is 30.3 Å². The molecule has 7 nitrogen and oxygen atoms in total. The van der Waals surface area contributed by atoms with Crippen LogP contribution >= 0.6 is 0 Å². The van der Waals surface area contributed by atoms with E-state index in [0.29, 0.717) is 29.9 Å². The van der Waals surface area contributed by atoms with Crippen LogP contribution in [0.4, 0.5) is 11.6 Å². The van der Waals surface area contributed by atoms with Crippen LogP contribution in [0, 0.1) is 0 Å². The minimum absolute atomic E-state index is 0.0184. The number of anilines is 2. The summed E-state index contributed by atoms with van der Waals surface area (Å²) in [4.78, 5) is 37.8. The lowest BCUT2D eigenvalue weighted by Crippen LogP contribution is -2.50. The molecule has 2 aliphatic heterocycles. The highest BCUT2D eigenvalue weighted by Crippen LogP contribution is 2.20. The first kappa shape index (κ1) is 20.5. The highest BCUT2D eigenvalue weighted by atomic mass is 16.2. The number of carbonyl (C=O) groups is 1. The number of para-hydroxylation sites is 2. The second kappa shape index (κ2) is 9.02. The Labute approximate surface area is 187 Å². The molecule has 0 saturated carbocycles. The maximum atomic E-state index is 13.4. The molecule has 3 aromatic rings. The average molecular weight is 432 g/mol. The molecule has 0 bridgehead atoms. The maximum Gasteiger partial charge on any atom is 0.263 e. The molecule has 0 radical (unpaired) electrons. The molecule has 0 spiro atoms. The summed E-state index contributed by atoms with van der Waals surface area (Å²) in [5, 5.41) is 0.565. The number of benzene rings is 2. The van der Waals surface area contributed by atoms with Crippen LogP contribution in [0.3, 0.4) is 0 Å². The first-order chi connectivity index (χ1) is 15.7. The van der Waals surface area contributed by atoms with Crippen molar-refractivity contribution in [3.8, 4) is 0 Å². The lowest BCUT2D eigenvalue weighted by Gasteiger charge is -2.36. The van der Waals surface area contributed by atoms with E-state index in [0.717, 1.165) is 39.0 Å². The molecule has 7 heteroatoms. The molecule has 2 fully saturated rings. The fourth-order valence-electron chi connectivity index (χ4n) is 4.72. The van der Waals surface area contributed by atoms with Crippen LogP contribution in [0.2, 0.25) is 0 Å². The van der Waals surface area contributed by atoms with Crippen molar-refractivity contribution in [1.82, 2.24) is 14.5 Å². The van der Waals surface area contributed by atoms with Gasteiger partial charge in [0.15, 0.2) is 0 Å². The highest BCUT2D eigenvalue weighted by Gasteiger charge is 2.25. The number of piperazine rings is 1. The van der Waals surface area contributed by atoms with Crippen LogP contribution in [0.5, 0.6) is 0 Å². The molecule has 0 unspecified atom stereocenters. The summed E-state index contributed by atoms with van der Waals surface area (Å²) in [6, 6.07) is 17.7. The number of aromatic nitrogens is 2. The van der Waals surface area contributed by atoms with E-state index in [1.807, 2.05) is 41.3 Å². The third-order valence-corrected chi connectivity index (χ3v) is 6.53. The van der Waals surface area contributed by atoms with E-state index in [1.54, 1.807) is 10.6 Å². The summed E-state index contributed by atoms with van der Waals surface area (Å²) in [5.41, 5.74) is 1.74. The fraction of sp³-hybridized carbons (Fsp3) is 0.400. The van der Waals surface area contributed by atoms with Crippen LogP contribution in [-0.2, 0) is 11.3 Å². The second-order valence-electron chi connectivity index (χ2n) is 8.57. The van der Waals surface area contributed by atoms with Gasteiger partial charge in [0.1, 0.15) is 6.54 Å². The van der Waals surface area contributed by atoms with Gasteiger partial charge in [0.25, 0.3) is 5.56 Å². The Balaban J connectivity index is 1.38. The maximum absolute atomic E-state index is 13.4. The minimum Gasteiger partial charge on any atom is -0.368 e. The minimum atomic E-state index is -0.132. The topological polar surface area (TPSA) is 61.7 Å². The standard InChI is InChI=1S/C25H29N5O2/c31-23(28-17-15-27(16-18-28)20-9-3-1-4-10-20)19-30-24(32)21-11-5-6-12-22(21)26-25(30)29-13-7-2-8-14-29/h1,3-6,9-12H,2,7-8,13-19H2. The summed E-state index contributed by atoms with van der Waals surface area (Å²) >= 11 is 0. The van der Waals surface area contributed by atoms with Gasteiger partial charge in [-0.05, 0) is 43.5 Å². The smallest absolute Gasteiger partial charge is 0.263 e. The van der Waals surface area contributed by atoms with Crippen molar-refractivity contribution in [2.24, 2.45) is 0 Å². The van der Waals surface area contributed by atoms with Crippen molar-refractivity contribution < 1.29 is 4.79 Å². The Morgan fingerprint density at radius 2 is 1.47 bits per heavy atom. The van der Waals surface area contributed by atoms with Gasteiger partial charge in [-0.15, -0.1) is 0 Å². The largest absolute Gasteiger partial charge is 0.368 e. The van der Waals surface area contributed by atoms with E-state index in [9.17, 15) is 9.59 Å². The van der Waals surface area contributed by atoms with E-state index >= 15 is 0 Å². The predicted molar refractivity (Wildman–Crippen MR) is 127 cm³/mol. The number of fused-ring (bicyclic) bond motifs is 1. The number of amides is 1. The Bertz CT molecular complexity index is 1150. The number of piperidine rings is 1. The number of hydrogen-bond acceptors (Lipinski definition) is 5. The molecule has 2 aliphatic rings. The lowest BCUT2D eigenvalue weighted by molar-refractivity contribution is -0.132. The van der Waals surface area contributed by atoms with Crippen LogP contribution in [0.25, 0.3) is 10.9 Å². The number of hydrogen-bond donors (Lipinski definition) is 0. The van der Waals surface area contributed by atoms with Gasteiger partial charge in [0.2, 0.25) is 11.9 Å². The Hall–Kier alpha value is -3.35. The molecule has 0 aliphatic carbocycles. The third-order valence-electron chi connectivity index (χ3n) is 6.53. The zero-order chi connectivity index (χ0) is 21.9. The van der Waals surface area contributed by atoms with Crippen LogP contribution in [-0.4, -0.2) is 59.6 Å². The summed E-state index contributed by atoms with van der Waals surface area (Å²) in [6.45, 7) is 4.67. The van der Waals surface area contributed by atoms with E-state index in [2.05, 4.69) is 21.9 Å². The molecule has 3 heterocycles. The summed E-state index contributed by atoms with van der Waals surface area (Å²) in [5.74, 6) is 0.611. The van der Waals surface area contributed by atoms with Crippen molar-refractivity contribution >= 4 is 28.4 Å². The number of rotatable bonds is 4. The molecule has 166 valence electrons. The van der Waals surface area contributed by atoms with Crippen molar-refractivity contribution in [3.05, 3.63) is 65.0 Å². The third kappa shape index (κ3) is 4.07. The molecular weight excluding hydrogens is 402 g/mol. The van der Waals surface area contributed by atoms with Gasteiger partial charge >= 0.3 is 0 Å². The van der Waals surface area contributed by atoms with Gasteiger partial charge < -0.3 is 14.7 Å². The van der Waals surface area contributed by atoms with E-state index in [4.69, 9.17) is 4.98 Å². The van der Waals surface area contributed by atoms with E-state index in [1.165, 1.54) is 12.1 Å². The van der Waals surface area contributed by atoms with Crippen LogP contribution in [0.1, 0.15) is 19.3 Å². The van der Waals surface area contributed by atoms with Crippen molar-refractivity contribution in [2.45, 2.75) is 25.8 Å². The van der Waals surface area contributed by atoms with E-state index < -0.39 is 0 Å². The molecule has 32 heavy (non-hydrogen) atoms. The van der Waals surface area contributed by atoms with Crippen molar-refractivity contribution in [3.63, 3.8) is 0 Å². The predicted octanol–water partition coefficient (Wildman–Crippen LogP) is 2.74. The zero-order valence-corrected chi connectivity index (χ0v) is 18.3. The normalized spacial score (nSPS) is 17.1. The molecule has 1 amide bonds. The molecule has 2 aromatic carbocycles. The Morgan fingerprint density at radius 3 is 2.22 bits per heavy atom. The molecule has 0 atom stereocenters. The first-order valence-corrected chi connectivity index (χ1v) is 11.5. The lowest BCUT2D eigenvalue weighted by atomic mass is 10.1. The van der Waals surface area contributed by atoms with Gasteiger partial charge in [-0.3, -0.25) is 14.2 Å². The molecule has 1 aromatic heterocycles. The average Bonchev–Trinajstić information content (AvgIpc) is 2.87. The number of nitrogens with zero attached hydrogens (tertiary/aromatic N) is 5. The molecule has 5 rings (SSSR count). The van der Waals surface area contributed by atoms with Crippen LogP contribution < -0.4 is 15.4 Å². The van der Waals surface area contributed by atoms with Crippen LogP contribution in [0.15, 0.2) is 59.4 Å². The van der Waals surface area contributed by atoms with Crippen molar-refractivity contribution in [2.75, 3.05) is 49.1 Å². The number of carbonyl (C=O) groups excluding carboxylic acids is 1. The fourth-order valence-corrected chi connectivity index (χ4v) is 4.72. The van der Waals surface area contributed by atoms with E-state index in [-0.39, 0.29) is 18.0 Å². The summed E-state index contributed by atoms with van der Waals surface area (Å²) in [6.07, 6.45) is 3.36. The zero-order valence-electron chi connectivity index (χ0n) is 18.3. The molecule has 0 N–H and O–H groups in total. The quantitative estimate of drug-likeness (QED) is 0.636. The first-order valence-electron chi connectivity index (χ1n) is 11.5. The summed E-state index contributed by atoms with van der Waals surface area (Å²) in [7, 11) is 0. The SMILES string of the molecule is O=C(Cn1c(N2CCCCC2)nc2ccccc2c1=O)N1CCN(c2ccccc2)CC1. The van der Waals surface area contributed by atoms with Gasteiger partial charge in [0, 0.05) is 45.0 Å².